The Morgan fingerprint density at radius 2 is 1.77 bits per heavy atom. The van der Waals surface area contributed by atoms with Gasteiger partial charge in [0.25, 0.3) is 0 Å². The summed E-state index contributed by atoms with van der Waals surface area (Å²) in [4.78, 5) is 24.8. The summed E-state index contributed by atoms with van der Waals surface area (Å²) < 4.78 is 7.30. The maximum absolute atomic E-state index is 12.4. The third-order valence-corrected chi connectivity index (χ3v) is 5.21. The third-order valence-electron chi connectivity index (χ3n) is 5.21. The third kappa shape index (κ3) is 6.18. The van der Waals surface area contributed by atoms with Gasteiger partial charge in [-0.3, -0.25) is 4.79 Å². The first-order valence-electron chi connectivity index (χ1n) is 10.5. The molecular weight excluding hydrogens is 388 g/mol. The Bertz CT molecular complexity index is 1030. The second-order valence-electron chi connectivity index (χ2n) is 9.33. The molecule has 2 aromatic rings. The highest BCUT2D eigenvalue weighted by Gasteiger charge is 2.18. The normalized spacial score (nSPS) is 12.0. The van der Waals surface area contributed by atoms with Crippen LogP contribution < -0.4 is 0 Å². The van der Waals surface area contributed by atoms with E-state index < -0.39 is 12.6 Å². The molecule has 1 aromatic heterocycles. The lowest BCUT2D eigenvalue weighted by atomic mass is 9.86. The number of esters is 1. The summed E-state index contributed by atoms with van der Waals surface area (Å²) in [5.41, 5.74) is 4.31. The number of carbonyl (C=O) groups is 2. The first-order valence-corrected chi connectivity index (χ1v) is 10.5. The van der Waals surface area contributed by atoms with E-state index in [2.05, 4.69) is 39.2 Å². The van der Waals surface area contributed by atoms with Crippen LogP contribution in [0.15, 0.2) is 35.9 Å². The largest absolute Gasteiger partial charge is 0.453 e. The average Bonchev–Trinajstić information content (AvgIpc) is 2.96. The van der Waals surface area contributed by atoms with E-state index in [0.717, 1.165) is 29.1 Å². The van der Waals surface area contributed by atoms with Crippen LogP contribution in [0.25, 0.3) is 6.08 Å². The molecule has 164 valence electrons. The average molecular weight is 421 g/mol. The molecule has 1 aromatic carbocycles. The number of ether oxygens (including phenoxy) is 1. The second kappa shape index (κ2) is 9.78. The van der Waals surface area contributed by atoms with Crippen LogP contribution in [-0.2, 0) is 21.5 Å². The van der Waals surface area contributed by atoms with Crippen molar-refractivity contribution in [1.29, 1.82) is 5.26 Å². The fourth-order valence-electron chi connectivity index (χ4n) is 3.36. The Labute approximate surface area is 185 Å². The number of aromatic nitrogens is 1. The lowest BCUT2D eigenvalue weighted by molar-refractivity contribution is -0.137. The molecule has 0 radical (unpaired) electrons. The van der Waals surface area contributed by atoms with Gasteiger partial charge in [0, 0.05) is 23.5 Å². The minimum atomic E-state index is -0.796. The van der Waals surface area contributed by atoms with E-state index in [1.54, 1.807) is 12.1 Å². The van der Waals surface area contributed by atoms with Gasteiger partial charge >= 0.3 is 5.97 Å². The van der Waals surface area contributed by atoms with E-state index in [4.69, 9.17) is 4.74 Å². The van der Waals surface area contributed by atoms with Crippen molar-refractivity contribution in [3.8, 4) is 6.07 Å². The van der Waals surface area contributed by atoms with Crippen molar-refractivity contribution >= 4 is 17.8 Å². The van der Waals surface area contributed by atoms with Gasteiger partial charge in [0.15, 0.2) is 12.4 Å². The monoisotopic (exact) mass is 420 g/mol. The second-order valence-corrected chi connectivity index (χ2v) is 9.33. The van der Waals surface area contributed by atoms with E-state index in [9.17, 15) is 14.9 Å². The van der Waals surface area contributed by atoms with Crippen LogP contribution in [0, 0.1) is 31.1 Å². The topological polar surface area (TPSA) is 72.1 Å². The predicted molar refractivity (Wildman–Crippen MR) is 123 cm³/mol. The summed E-state index contributed by atoms with van der Waals surface area (Å²) >= 11 is 0. The number of ketones is 1. The first-order chi connectivity index (χ1) is 14.4. The predicted octanol–water partition coefficient (Wildman–Crippen LogP) is 5.39. The number of benzene rings is 1. The van der Waals surface area contributed by atoms with Gasteiger partial charge in [-0.25, -0.2) is 4.79 Å². The van der Waals surface area contributed by atoms with Crippen molar-refractivity contribution in [2.45, 2.75) is 60.4 Å². The molecule has 0 saturated carbocycles. The summed E-state index contributed by atoms with van der Waals surface area (Å²) in [5, 5.41) is 9.45. The molecule has 0 aliphatic heterocycles. The minimum absolute atomic E-state index is 0.00879. The standard InChI is InChI=1S/C26H32N2O3/c1-17(2)15-28-18(3)12-21(19(28)4)13-22(14-27)25(30)31-16-24(29)20-8-10-23(11-9-20)26(5,6)7/h8-13,17H,15-16H2,1-7H3/b22-13+. The Morgan fingerprint density at radius 3 is 2.29 bits per heavy atom. The fourth-order valence-corrected chi connectivity index (χ4v) is 3.36. The summed E-state index contributed by atoms with van der Waals surface area (Å²) in [6.07, 6.45) is 1.53. The van der Waals surface area contributed by atoms with Gasteiger partial charge in [0.1, 0.15) is 11.6 Å². The fraction of sp³-hybridized carbons (Fsp3) is 0.423. The molecule has 0 unspecified atom stereocenters. The van der Waals surface area contributed by atoms with Crippen LogP contribution in [0.3, 0.4) is 0 Å². The van der Waals surface area contributed by atoms with Gasteiger partial charge < -0.3 is 9.30 Å². The van der Waals surface area contributed by atoms with Crippen molar-refractivity contribution in [3.63, 3.8) is 0 Å². The number of hydrogen-bond acceptors (Lipinski definition) is 4. The summed E-state index contributed by atoms with van der Waals surface area (Å²) in [6, 6.07) is 11.1. The molecule has 0 bridgehead atoms. The number of nitrogens with zero attached hydrogens (tertiary/aromatic N) is 2. The molecule has 0 saturated heterocycles. The van der Waals surface area contributed by atoms with Crippen molar-refractivity contribution in [2.24, 2.45) is 5.92 Å². The molecule has 5 heteroatoms. The lowest BCUT2D eigenvalue weighted by Gasteiger charge is -2.18. The van der Waals surface area contributed by atoms with E-state index in [1.807, 2.05) is 38.1 Å². The van der Waals surface area contributed by atoms with Gasteiger partial charge in [-0.1, -0.05) is 58.9 Å². The summed E-state index contributed by atoms with van der Waals surface area (Å²) in [6.45, 7) is 15.0. The summed E-state index contributed by atoms with van der Waals surface area (Å²) in [7, 11) is 0. The Morgan fingerprint density at radius 1 is 1.16 bits per heavy atom. The van der Waals surface area contributed by atoms with Gasteiger partial charge in [-0.15, -0.1) is 0 Å². The van der Waals surface area contributed by atoms with Gasteiger partial charge in [0.2, 0.25) is 0 Å². The molecule has 0 amide bonds. The molecular formula is C26H32N2O3. The maximum Gasteiger partial charge on any atom is 0.349 e. The Hall–Kier alpha value is -3.13. The van der Waals surface area contributed by atoms with Crippen molar-refractivity contribution in [1.82, 2.24) is 4.57 Å². The van der Waals surface area contributed by atoms with Crippen molar-refractivity contribution in [3.05, 3.63) is 64.0 Å². The number of nitriles is 1. The molecule has 0 aliphatic rings. The Kier molecular flexibility index (Phi) is 7.62. The SMILES string of the molecule is Cc1cc(/C=C(\C#N)C(=O)OCC(=O)c2ccc(C(C)(C)C)cc2)c(C)n1CC(C)C. The number of Topliss-reactive ketones (excluding diaryl/α,β-unsaturated/α-hetero) is 1. The molecule has 0 spiro atoms. The van der Waals surface area contributed by atoms with E-state index >= 15 is 0 Å². The van der Waals surface area contributed by atoms with E-state index in [1.165, 1.54) is 6.08 Å². The molecule has 0 atom stereocenters. The lowest BCUT2D eigenvalue weighted by Crippen LogP contribution is -2.16. The molecule has 31 heavy (non-hydrogen) atoms. The van der Waals surface area contributed by atoms with Crippen LogP contribution in [0.2, 0.25) is 0 Å². The molecule has 0 aliphatic carbocycles. The van der Waals surface area contributed by atoms with Crippen LogP contribution in [-0.4, -0.2) is 22.9 Å². The van der Waals surface area contributed by atoms with Crippen molar-refractivity contribution in [2.75, 3.05) is 6.61 Å². The Balaban J connectivity index is 2.10. The van der Waals surface area contributed by atoms with Crippen LogP contribution >= 0.6 is 0 Å². The minimum Gasteiger partial charge on any atom is -0.453 e. The van der Waals surface area contributed by atoms with Gasteiger partial charge in [0.05, 0.1) is 0 Å². The van der Waals surface area contributed by atoms with Crippen LogP contribution in [0.1, 0.15) is 67.5 Å². The molecule has 0 N–H and O–H groups in total. The quantitative estimate of drug-likeness (QED) is 0.260. The number of rotatable bonds is 7. The molecule has 1 heterocycles. The van der Waals surface area contributed by atoms with E-state index in [-0.39, 0.29) is 16.8 Å². The number of carbonyl (C=O) groups excluding carboxylic acids is 2. The highest BCUT2D eigenvalue weighted by molar-refractivity contribution is 6.02. The van der Waals surface area contributed by atoms with Gasteiger partial charge in [-0.05, 0) is 48.4 Å². The van der Waals surface area contributed by atoms with Crippen molar-refractivity contribution < 1.29 is 14.3 Å². The van der Waals surface area contributed by atoms with Crippen LogP contribution in [0.5, 0.6) is 0 Å². The zero-order valence-electron chi connectivity index (χ0n) is 19.6. The molecule has 5 nitrogen and oxygen atoms in total. The maximum atomic E-state index is 12.4. The zero-order valence-corrected chi connectivity index (χ0v) is 19.6. The zero-order chi connectivity index (χ0) is 23.3. The van der Waals surface area contributed by atoms with E-state index in [0.29, 0.717) is 11.5 Å². The first kappa shape index (κ1) is 24.1. The van der Waals surface area contributed by atoms with Crippen LogP contribution in [0.4, 0.5) is 0 Å². The van der Waals surface area contributed by atoms with Gasteiger partial charge in [-0.2, -0.15) is 5.26 Å². The molecule has 2 rings (SSSR count). The highest BCUT2D eigenvalue weighted by Crippen LogP contribution is 2.23. The summed E-state index contributed by atoms with van der Waals surface area (Å²) in [5.74, 6) is -0.623. The number of aryl methyl sites for hydroxylation is 1. The molecule has 0 fully saturated rings. The number of hydrogen-bond donors (Lipinski definition) is 0. The highest BCUT2D eigenvalue weighted by atomic mass is 16.5. The smallest absolute Gasteiger partial charge is 0.349 e.